The molecule has 1 fully saturated rings. The van der Waals surface area contributed by atoms with Crippen molar-refractivity contribution >= 4 is 0 Å². The minimum Gasteiger partial charge on any atom is -0.493 e. The number of ether oxygens (including phenoxy) is 2. The van der Waals surface area contributed by atoms with E-state index in [4.69, 9.17) is 9.47 Å². The zero-order valence-corrected chi connectivity index (χ0v) is 12.5. The van der Waals surface area contributed by atoms with Gasteiger partial charge in [0.1, 0.15) is 5.69 Å². The second-order valence-electron chi connectivity index (χ2n) is 5.40. The lowest BCUT2D eigenvalue weighted by atomic mass is 10.0. The van der Waals surface area contributed by atoms with Crippen LogP contribution in [0.15, 0.2) is 6.20 Å². The van der Waals surface area contributed by atoms with Crippen LogP contribution in [0.1, 0.15) is 57.2 Å². The van der Waals surface area contributed by atoms with Crippen LogP contribution in [-0.4, -0.2) is 34.7 Å². The molecule has 0 aromatic carbocycles. The van der Waals surface area contributed by atoms with E-state index in [1.165, 1.54) is 6.42 Å². The Balaban J connectivity index is 1.96. The average Bonchev–Trinajstić information content (AvgIpc) is 2.89. The molecule has 1 aliphatic rings. The van der Waals surface area contributed by atoms with E-state index in [0.717, 1.165) is 44.5 Å². The van der Waals surface area contributed by atoms with E-state index < -0.39 is 6.10 Å². The summed E-state index contributed by atoms with van der Waals surface area (Å²) in [5.41, 5.74) is 0.796. The zero-order valence-electron chi connectivity index (χ0n) is 12.5. The Morgan fingerprint density at radius 2 is 2.40 bits per heavy atom. The number of aromatic nitrogens is 2. The standard InChI is InChI=1S/C15H26N2O3/c1-3-9-17-15(14(19-2)11-16-17)13(18)8-7-12-6-4-5-10-20-12/h11-13,18H,3-10H2,1-2H3. The third kappa shape index (κ3) is 3.73. The summed E-state index contributed by atoms with van der Waals surface area (Å²) in [5, 5.41) is 14.8. The first-order chi connectivity index (χ1) is 9.76. The highest BCUT2D eigenvalue weighted by Gasteiger charge is 2.22. The van der Waals surface area contributed by atoms with Gasteiger partial charge in [-0.15, -0.1) is 0 Å². The lowest BCUT2D eigenvalue weighted by Crippen LogP contribution is -2.20. The van der Waals surface area contributed by atoms with E-state index >= 15 is 0 Å². The van der Waals surface area contributed by atoms with Gasteiger partial charge < -0.3 is 14.6 Å². The molecule has 1 N–H and O–H groups in total. The Morgan fingerprint density at radius 1 is 1.55 bits per heavy atom. The van der Waals surface area contributed by atoms with Gasteiger partial charge in [0, 0.05) is 13.2 Å². The molecule has 2 heterocycles. The molecule has 2 unspecified atom stereocenters. The van der Waals surface area contributed by atoms with Crippen molar-refractivity contribution in [2.45, 2.75) is 64.2 Å². The largest absolute Gasteiger partial charge is 0.493 e. The van der Waals surface area contributed by atoms with Gasteiger partial charge in [0.25, 0.3) is 0 Å². The number of aryl methyl sites for hydroxylation is 1. The van der Waals surface area contributed by atoms with Gasteiger partial charge in [-0.3, -0.25) is 4.68 Å². The number of hydrogen-bond donors (Lipinski definition) is 1. The number of rotatable bonds is 7. The Morgan fingerprint density at radius 3 is 3.05 bits per heavy atom. The second kappa shape index (κ2) is 7.64. The van der Waals surface area contributed by atoms with Crippen LogP contribution in [0.5, 0.6) is 5.75 Å². The van der Waals surface area contributed by atoms with Gasteiger partial charge in [-0.25, -0.2) is 0 Å². The fourth-order valence-corrected chi connectivity index (χ4v) is 2.78. The molecule has 0 aliphatic carbocycles. The molecule has 5 heteroatoms. The molecular weight excluding hydrogens is 256 g/mol. The highest BCUT2D eigenvalue weighted by Crippen LogP contribution is 2.30. The average molecular weight is 282 g/mol. The molecule has 0 spiro atoms. The molecule has 1 saturated heterocycles. The quantitative estimate of drug-likeness (QED) is 0.835. The summed E-state index contributed by atoms with van der Waals surface area (Å²) in [6.45, 7) is 3.76. The van der Waals surface area contributed by atoms with Gasteiger partial charge in [-0.1, -0.05) is 6.92 Å². The zero-order chi connectivity index (χ0) is 14.4. The summed E-state index contributed by atoms with van der Waals surface area (Å²) in [7, 11) is 1.62. The first-order valence-electron chi connectivity index (χ1n) is 7.65. The normalized spacial score (nSPS) is 20.9. The van der Waals surface area contributed by atoms with E-state index in [9.17, 15) is 5.11 Å². The molecule has 2 atom stereocenters. The van der Waals surface area contributed by atoms with Gasteiger partial charge in [-0.2, -0.15) is 5.10 Å². The van der Waals surface area contributed by atoms with Crippen molar-refractivity contribution in [1.29, 1.82) is 0 Å². The smallest absolute Gasteiger partial charge is 0.162 e. The van der Waals surface area contributed by atoms with Crippen molar-refractivity contribution in [3.8, 4) is 5.75 Å². The molecule has 5 nitrogen and oxygen atoms in total. The van der Waals surface area contributed by atoms with E-state index in [2.05, 4.69) is 12.0 Å². The number of nitrogens with zero attached hydrogens (tertiary/aromatic N) is 2. The monoisotopic (exact) mass is 282 g/mol. The Labute approximate surface area is 120 Å². The maximum Gasteiger partial charge on any atom is 0.162 e. The predicted molar refractivity (Wildman–Crippen MR) is 76.9 cm³/mol. The fourth-order valence-electron chi connectivity index (χ4n) is 2.78. The van der Waals surface area contributed by atoms with E-state index in [0.29, 0.717) is 18.3 Å². The Kier molecular flexibility index (Phi) is 5.86. The molecule has 2 rings (SSSR count). The Bertz CT molecular complexity index is 400. The van der Waals surface area contributed by atoms with Crippen molar-refractivity contribution in [1.82, 2.24) is 9.78 Å². The van der Waals surface area contributed by atoms with Crippen LogP contribution in [0.3, 0.4) is 0 Å². The number of aliphatic hydroxyl groups excluding tert-OH is 1. The molecule has 1 aromatic heterocycles. The van der Waals surface area contributed by atoms with Crippen molar-refractivity contribution in [2.75, 3.05) is 13.7 Å². The number of aliphatic hydroxyl groups is 1. The maximum atomic E-state index is 10.5. The van der Waals surface area contributed by atoms with Crippen LogP contribution in [-0.2, 0) is 11.3 Å². The first kappa shape index (κ1) is 15.3. The van der Waals surface area contributed by atoms with Crippen LogP contribution < -0.4 is 4.74 Å². The number of hydrogen-bond acceptors (Lipinski definition) is 4. The first-order valence-corrected chi connectivity index (χ1v) is 7.65. The topological polar surface area (TPSA) is 56.5 Å². The summed E-state index contributed by atoms with van der Waals surface area (Å²) in [6.07, 6.45) is 7.52. The lowest BCUT2D eigenvalue weighted by Gasteiger charge is -2.23. The fraction of sp³-hybridized carbons (Fsp3) is 0.800. The molecule has 0 saturated carbocycles. The second-order valence-corrected chi connectivity index (χ2v) is 5.40. The molecule has 1 aliphatic heterocycles. The van der Waals surface area contributed by atoms with Crippen molar-refractivity contribution < 1.29 is 14.6 Å². The van der Waals surface area contributed by atoms with Crippen LogP contribution in [0.2, 0.25) is 0 Å². The minimum atomic E-state index is -0.537. The van der Waals surface area contributed by atoms with Gasteiger partial charge in [0.05, 0.1) is 25.5 Å². The lowest BCUT2D eigenvalue weighted by molar-refractivity contribution is 0.00137. The van der Waals surface area contributed by atoms with Crippen molar-refractivity contribution in [3.63, 3.8) is 0 Å². The summed E-state index contributed by atoms with van der Waals surface area (Å²) in [6, 6.07) is 0. The maximum absolute atomic E-state index is 10.5. The van der Waals surface area contributed by atoms with Gasteiger partial charge >= 0.3 is 0 Å². The summed E-state index contributed by atoms with van der Waals surface area (Å²) in [5.74, 6) is 0.676. The molecule has 0 radical (unpaired) electrons. The highest BCUT2D eigenvalue weighted by atomic mass is 16.5. The van der Waals surface area contributed by atoms with Crippen molar-refractivity contribution in [3.05, 3.63) is 11.9 Å². The molecule has 0 bridgehead atoms. The third-order valence-electron chi connectivity index (χ3n) is 3.85. The third-order valence-corrected chi connectivity index (χ3v) is 3.85. The van der Waals surface area contributed by atoms with Gasteiger partial charge in [0.15, 0.2) is 5.75 Å². The Hall–Kier alpha value is -1.07. The predicted octanol–water partition coefficient (Wildman–Crippen LogP) is 2.68. The molecule has 0 amide bonds. The van der Waals surface area contributed by atoms with Gasteiger partial charge in [0.2, 0.25) is 0 Å². The van der Waals surface area contributed by atoms with Crippen LogP contribution >= 0.6 is 0 Å². The van der Waals surface area contributed by atoms with Crippen LogP contribution in [0.4, 0.5) is 0 Å². The van der Waals surface area contributed by atoms with E-state index in [1.54, 1.807) is 13.3 Å². The molecular formula is C15H26N2O3. The minimum absolute atomic E-state index is 0.298. The SMILES string of the molecule is CCCn1ncc(OC)c1C(O)CCC1CCCCO1. The van der Waals surface area contributed by atoms with Crippen molar-refractivity contribution in [2.24, 2.45) is 0 Å². The van der Waals surface area contributed by atoms with Gasteiger partial charge in [-0.05, 0) is 38.5 Å². The number of methoxy groups -OCH3 is 1. The van der Waals surface area contributed by atoms with Crippen LogP contribution in [0.25, 0.3) is 0 Å². The summed E-state index contributed by atoms with van der Waals surface area (Å²) in [4.78, 5) is 0. The molecule has 20 heavy (non-hydrogen) atoms. The molecule has 114 valence electrons. The van der Waals surface area contributed by atoms with E-state index in [1.807, 2.05) is 4.68 Å². The summed E-state index contributed by atoms with van der Waals surface area (Å²) >= 11 is 0. The highest BCUT2D eigenvalue weighted by molar-refractivity contribution is 5.27. The van der Waals surface area contributed by atoms with Crippen LogP contribution in [0, 0.1) is 0 Å². The van der Waals surface area contributed by atoms with E-state index in [-0.39, 0.29) is 0 Å². The summed E-state index contributed by atoms with van der Waals surface area (Å²) < 4.78 is 12.9. The molecule has 1 aromatic rings.